The van der Waals surface area contributed by atoms with Gasteiger partial charge in [0.1, 0.15) is 11.6 Å². The molecule has 2 heterocycles. The van der Waals surface area contributed by atoms with Crippen molar-refractivity contribution in [1.29, 1.82) is 0 Å². The van der Waals surface area contributed by atoms with E-state index in [0.717, 1.165) is 10.6 Å². The fourth-order valence-electron chi connectivity index (χ4n) is 2.00. The fraction of sp³-hybridized carbons (Fsp3) is 0.118. The minimum Gasteiger partial charge on any atom is -0.618 e. The molecule has 1 aromatic carbocycles. The number of hydrogen-bond donors (Lipinski definition) is 0. The Balaban J connectivity index is 1.67. The van der Waals surface area contributed by atoms with Gasteiger partial charge in [0.25, 0.3) is 0 Å². The molecule has 0 unspecified atom stereocenters. The smallest absolute Gasteiger partial charge is 0.405 e. The van der Waals surface area contributed by atoms with E-state index in [9.17, 15) is 10.0 Å². The van der Waals surface area contributed by atoms with Crippen molar-refractivity contribution in [2.24, 2.45) is 0 Å². The highest BCUT2D eigenvalue weighted by atomic mass is 32.1. The molecule has 0 radical (unpaired) electrons. The summed E-state index contributed by atoms with van der Waals surface area (Å²) in [5.41, 5.74) is 2.83. The molecular weight excluding hydrogens is 312 g/mol. The Labute approximate surface area is 137 Å². The lowest BCUT2D eigenvalue weighted by Crippen LogP contribution is -2.34. The first-order chi connectivity index (χ1) is 11.1. The quantitative estimate of drug-likeness (QED) is 0.420. The lowest BCUT2D eigenvalue weighted by Gasteiger charge is -2.03. The van der Waals surface area contributed by atoms with Gasteiger partial charge in [0.05, 0.1) is 5.69 Å². The van der Waals surface area contributed by atoms with Gasteiger partial charge in [-0.15, -0.1) is 11.3 Å². The second-order valence-electron chi connectivity index (χ2n) is 5.00. The largest absolute Gasteiger partial charge is 0.618 e. The third-order valence-corrected chi connectivity index (χ3v) is 4.17. The van der Waals surface area contributed by atoms with E-state index in [2.05, 4.69) is 4.98 Å². The number of carbonyl (C=O) groups excluding carboxylic acids is 1. The van der Waals surface area contributed by atoms with Crippen molar-refractivity contribution in [2.75, 3.05) is 0 Å². The lowest BCUT2D eigenvalue weighted by molar-refractivity contribution is -0.608. The van der Waals surface area contributed by atoms with Crippen molar-refractivity contribution < 1.29 is 14.3 Å². The third kappa shape index (κ3) is 3.54. The molecule has 0 atom stereocenters. The van der Waals surface area contributed by atoms with Crippen LogP contribution in [0.5, 0.6) is 0 Å². The maximum atomic E-state index is 11.9. The van der Waals surface area contributed by atoms with Crippen LogP contribution in [0.4, 0.5) is 0 Å². The predicted octanol–water partition coefficient (Wildman–Crippen LogP) is 3.11. The van der Waals surface area contributed by atoms with Crippen molar-refractivity contribution >= 4 is 17.3 Å². The Kier molecular flexibility index (Phi) is 4.34. The molecule has 2 aromatic heterocycles. The zero-order chi connectivity index (χ0) is 16.2. The first-order valence-corrected chi connectivity index (χ1v) is 7.88. The molecule has 0 N–H and O–H groups in total. The van der Waals surface area contributed by atoms with E-state index in [0.29, 0.717) is 10.4 Å². The van der Waals surface area contributed by atoms with Gasteiger partial charge in [-0.1, -0.05) is 29.8 Å². The van der Waals surface area contributed by atoms with Gasteiger partial charge >= 0.3 is 11.7 Å². The molecule has 0 fully saturated rings. The summed E-state index contributed by atoms with van der Waals surface area (Å²) in [6.07, 6.45) is 1.26. The molecule has 0 saturated carbocycles. The summed E-state index contributed by atoms with van der Waals surface area (Å²) in [6, 6.07) is 12.7. The molecule has 3 aromatic rings. The molecule has 0 bridgehead atoms. The van der Waals surface area contributed by atoms with Gasteiger partial charge in [-0.3, -0.25) is 0 Å². The molecule has 23 heavy (non-hydrogen) atoms. The summed E-state index contributed by atoms with van der Waals surface area (Å²) in [5.74, 6) is -0.662. The zero-order valence-electron chi connectivity index (χ0n) is 12.4. The third-order valence-electron chi connectivity index (χ3n) is 3.23. The molecule has 0 aliphatic rings. The van der Waals surface area contributed by atoms with Gasteiger partial charge in [0, 0.05) is 23.1 Å². The van der Waals surface area contributed by atoms with E-state index in [4.69, 9.17) is 4.74 Å². The molecule has 5 nitrogen and oxygen atoms in total. The van der Waals surface area contributed by atoms with Gasteiger partial charge in [-0.05, 0) is 13.0 Å². The van der Waals surface area contributed by atoms with Crippen molar-refractivity contribution in [1.82, 2.24) is 4.98 Å². The first-order valence-electron chi connectivity index (χ1n) is 7.00. The van der Waals surface area contributed by atoms with Crippen LogP contribution in [0.3, 0.4) is 0 Å². The molecule has 3 rings (SSSR count). The van der Waals surface area contributed by atoms with Crippen molar-refractivity contribution in [2.45, 2.75) is 13.5 Å². The topological polar surface area (TPSA) is 66.1 Å². The number of ether oxygens (including phenoxy) is 1. The number of aromatic nitrogens is 2. The summed E-state index contributed by atoms with van der Waals surface area (Å²) >= 11 is 1.49. The number of nitrogens with zero attached hydrogens (tertiary/aromatic N) is 2. The van der Waals surface area contributed by atoms with E-state index >= 15 is 0 Å². The maximum absolute atomic E-state index is 11.9. The van der Waals surface area contributed by atoms with Crippen LogP contribution in [-0.4, -0.2) is 11.0 Å². The second-order valence-corrected chi connectivity index (χ2v) is 5.86. The molecular formula is C17H14N2O3S. The highest BCUT2D eigenvalue weighted by Crippen LogP contribution is 2.24. The highest BCUT2D eigenvalue weighted by Gasteiger charge is 2.17. The molecule has 6 heteroatoms. The van der Waals surface area contributed by atoms with Crippen LogP contribution in [-0.2, 0) is 11.3 Å². The van der Waals surface area contributed by atoms with Crippen molar-refractivity contribution in [3.63, 3.8) is 0 Å². The Morgan fingerprint density at radius 1 is 1.26 bits per heavy atom. The Hall–Kier alpha value is -2.73. The Morgan fingerprint density at radius 3 is 2.78 bits per heavy atom. The fourth-order valence-corrected chi connectivity index (χ4v) is 2.81. The molecule has 116 valence electrons. The summed E-state index contributed by atoms with van der Waals surface area (Å²) in [4.78, 5) is 16.3. The summed E-state index contributed by atoms with van der Waals surface area (Å²) in [5, 5.41) is 14.2. The van der Waals surface area contributed by atoms with Crippen LogP contribution in [0.2, 0.25) is 0 Å². The summed E-state index contributed by atoms with van der Waals surface area (Å²) in [7, 11) is 0. The minimum atomic E-state index is -0.662. The molecule has 0 spiro atoms. The lowest BCUT2D eigenvalue weighted by atomic mass is 10.2. The number of hydrogen-bond acceptors (Lipinski definition) is 5. The number of pyridine rings is 1. The number of esters is 1. The van der Waals surface area contributed by atoms with E-state index in [-0.39, 0.29) is 12.3 Å². The minimum absolute atomic E-state index is 0.0378. The van der Waals surface area contributed by atoms with Crippen molar-refractivity contribution in [3.05, 3.63) is 76.2 Å². The van der Waals surface area contributed by atoms with Gasteiger partial charge < -0.3 is 9.94 Å². The van der Waals surface area contributed by atoms with E-state index in [1.807, 2.05) is 36.6 Å². The number of rotatable bonds is 4. The average Bonchev–Trinajstić information content (AvgIpc) is 3.03. The van der Waals surface area contributed by atoms with E-state index < -0.39 is 5.97 Å². The number of carbonyl (C=O) groups is 1. The van der Waals surface area contributed by atoms with Crippen LogP contribution in [0, 0.1) is 12.1 Å². The van der Waals surface area contributed by atoms with Crippen LogP contribution in [0.25, 0.3) is 10.6 Å². The molecule has 0 aliphatic carbocycles. The van der Waals surface area contributed by atoms with E-state index in [1.54, 1.807) is 12.1 Å². The Bertz CT molecular complexity index is 828. The summed E-state index contributed by atoms with van der Waals surface area (Å²) < 4.78 is 5.63. The number of benzene rings is 1. The maximum Gasteiger partial charge on any atom is 0.405 e. The van der Waals surface area contributed by atoms with Crippen LogP contribution >= 0.6 is 11.3 Å². The van der Waals surface area contributed by atoms with Gasteiger partial charge in [0.15, 0.2) is 6.20 Å². The Morgan fingerprint density at radius 2 is 2.04 bits per heavy atom. The molecule has 0 saturated heterocycles. The number of aryl methyl sites for hydroxylation is 1. The first kappa shape index (κ1) is 15.2. The number of thiazole rings is 1. The highest BCUT2D eigenvalue weighted by molar-refractivity contribution is 7.13. The summed E-state index contributed by atoms with van der Waals surface area (Å²) in [6.45, 7) is 2.07. The SMILES string of the molecule is Cc1ccc(-c2nc(COC(=O)c3cccc[n+]3[O-])cs2)cc1. The van der Waals surface area contributed by atoms with Crippen LogP contribution in [0.15, 0.2) is 54.0 Å². The van der Waals surface area contributed by atoms with Gasteiger partial charge in [-0.2, -0.15) is 4.73 Å². The standard InChI is InChI=1S/C17H14N2O3S/c1-12-5-7-13(8-6-12)16-18-14(11-23-16)10-22-17(20)15-4-2-3-9-19(15)21/h2-9,11H,10H2,1H3. The predicted molar refractivity (Wildman–Crippen MR) is 86.8 cm³/mol. The second kappa shape index (κ2) is 6.58. The van der Waals surface area contributed by atoms with Gasteiger partial charge in [-0.25, -0.2) is 9.78 Å². The average molecular weight is 326 g/mol. The van der Waals surface area contributed by atoms with Gasteiger partial charge in [0.2, 0.25) is 0 Å². The molecule has 0 amide bonds. The van der Waals surface area contributed by atoms with Crippen LogP contribution < -0.4 is 4.73 Å². The zero-order valence-corrected chi connectivity index (χ0v) is 13.2. The monoisotopic (exact) mass is 326 g/mol. The van der Waals surface area contributed by atoms with Crippen molar-refractivity contribution in [3.8, 4) is 10.6 Å². The molecule has 0 aliphatic heterocycles. The van der Waals surface area contributed by atoms with Crippen LogP contribution in [0.1, 0.15) is 21.7 Å². The van der Waals surface area contributed by atoms with E-state index in [1.165, 1.54) is 29.2 Å². The normalized spacial score (nSPS) is 10.5.